The van der Waals surface area contributed by atoms with Gasteiger partial charge in [-0.05, 0) is 41.6 Å². The predicted molar refractivity (Wildman–Crippen MR) is 106 cm³/mol. The summed E-state index contributed by atoms with van der Waals surface area (Å²) in [5.74, 6) is -0.667. The molecule has 0 radical (unpaired) electrons. The number of hydrogen-bond donors (Lipinski definition) is 0. The molecule has 5 nitrogen and oxygen atoms in total. The fraction of sp³-hybridized carbons (Fsp3) is 0.316. The molecule has 2 rings (SSSR count). The summed E-state index contributed by atoms with van der Waals surface area (Å²) in [6.45, 7) is 5.94. The minimum Gasteiger partial charge on any atom is -0.332 e. The summed E-state index contributed by atoms with van der Waals surface area (Å²) in [6, 6.07) is 7.90. The lowest BCUT2D eigenvalue weighted by Gasteiger charge is -2.26. The van der Waals surface area contributed by atoms with Gasteiger partial charge in [-0.25, -0.2) is 12.8 Å². The molecule has 0 fully saturated rings. The normalized spacial score (nSPS) is 11.6. The van der Waals surface area contributed by atoms with Gasteiger partial charge in [-0.1, -0.05) is 18.2 Å². The van der Waals surface area contributed by atoms with E-state index in [0.717, 1.165) is 26.6 Å². The molecule has 2 aromatic rings. The van der Waals surface area contributed by atoms with Gasteiger partial charge in [0.1, 0.15) is 5.82 Å². The van der Waals surface area contributed by atoms with Crippen LogP contribution in [0.25, 0.3) is 0 Å². The van der Waals surface area contributed by atoms with Crippen molar-refractivity contribution in [2.24, 2.45) is 0 Å². The Morgan fingerprint density at radius 1 is 1.22 bits per heavy atom. The van der Waals surface area contributed by atoms with E-state index in [1.165, 1.54) is 18.2 Å². The highest BCUT2D eigenvalue weighted by molar-refractivity contribution is 7.88. The van der Waals surface area contributed by atoms with Crippen molar-refractivity contribution in [2.75, 3.05) is 19.3 Å². The Labute approximate surface area is 163 Å². The lowest BCUT2D eigenvalue weighted by Crippen LogP contribution is -2.42. The zero-order chi connectivity index (χ0) is 20.0. The SMILES string of the molecule is C=CCN(CC(=O)N(Cc1ccc(F)cc1)Cc1sccc1C)S(C)(=O)=O. The monoisotopic (exact) mass is 410 g/mol. The molecule has 0 aliphatic rings. The van der Waals surface area contributed by atoms with Gasteiger partial charge in [-0.3, -0.25) is 4.79 Å². The first-order valence-corrected chi connectivity index (χ1v) is 11.0. The minimum absolute atomic E-state index is 0.0625. The zero-order valence-electron chi connectivity index (χ0n) is 15.4. The second-order valence-electron chi connectivity index (χ2n) is 6.25. The molecular weight excluding hydrogens is 387 g/mol. The Morgan fingerprint density at radius 2 is 1.89 bits per heavy atom. The zero-order valence-corrected chi connectivity index (χ0v) is 17.0. The van der Waals surface area contributed by atoms with Crippen molar-refractivity contribution >= 4 is 27.3 Å². The Morgan fingerprint density at radius 3 is 2.41 bits per heavy atom. The van der Waals surface area contributed by atoms with E-state index in [1.54, 1.807) is 28.4 Å². The molecule has 1 amide bonds. The molecule has 146 valence electrons. The highest BCUT2D eigenvalue weighted by Gasteiger charge is 2.23. The third kappa shape index (κ3) is 6.27. The van der Waals surface area contributed by atoms with Crippen molar-refractivity contribution in [3.8, 4) is 0 Å². The number of aryl methyl sites for hydroxylation is 1. The van der Waals surface area contributed by atoms with Gasteiger partial charge in [0.15, 0.2) is 0 Å². The number of amides is 1. The van der Waals surface area contributed by atoms with Crippen LogP contribution in [0.1, 0.15) is 16.0 Å². The van der Waals surface area contributed by atoms with Crippen LogP contribution >= 0.6 is 11.3 Å². The summed E-state index contributed by atoms with van der Waals surface area (Å²) < 4.78 is 38.1. The fourth-order valence-corrected chi connectivity index (χ4v) is 4.14. The Hall–Kier alpha value is -2.03. The van der Waals surface area contributed by atoms with Crippen LogP contribution in [-0.2, 0) is 27.9 Å². The van der Waals surface area contributed by atoms with Crippen molar-refractivity contribution in [3.05, 3.63) is 70.2 Å². The molecule has 8 heteroatoms. The summed E-state index contributed by atoms with van der Waals surface area (Å²) in [4.78, 5) is 15.5. The number of nitrogens with zero attached hydrogens (tertiary/aromatic N) is 2. The van der Waals surface area contributed by atoms with Gasteiger partial charge >= 0.3 is 0 Å². The highest BCUT2D eigenvalue weighted by Crippen LogP contribution is 2.20. The summed E-state index contributed by atoms with van der Waals surface area (Å²) in [7, 11) is -3.54. The third-order valence-electron chi connectivity index (χ3n) is 4.06. The topological polar surface area (TPSA) is 57.7 Å². The lowest BCUT2D eigenvalue weighted by molar-refractivity contribution is -0.132. The Balaban J connectivity index is 2.24. The number of carbonyl (C=O) groups excluding carboxylic acids is 1. The van der Waals surface area contributed by atoms with Crippen LogP contribution in [0.15, 0.2) is 48.4 Å². The molecule has 0 saturated heterocycles. The molecular formula is C19H23FN2O3S2. The fourth-order valence-electron chi connectivity index (χ4n) is 2.49. The highest BCUT2D eigenvalue weighted by atomic mass is 32.2. The van der Waals surface area contributed by atoms with E-state index in [4.69, 9.17) is 0 Å². The summed E-state index contributed by atoms with van der Waals surface area (Å²) >= 11 is 1.54. The molecule has 1 aromatic heterocycles. The van der Waals surface area contributed by atoms with Gasteiger partial charge in [0, 0.05) is 18.0 Å². The summed E-state index contributed by atoms with van der Waals surface area (Å²) in [6.07, 6.45) is 2.51. The second kappa shape index (κ2) is 9.25. The van der Waals surface area contributed by atoms with Crippen molar-refractivity contribution in [3.63, 3.8) is 0 Å². The van der Waals surface area contributed by atoms with E-state index in [1.807, 2.05) is 18.4 Å². The first kappa shape index (κ1) is 21.3. The first-order valence-electron chi connectivity index (χ1n) is 8.32. The van der Waals surface area contributed by atoms with E-state index < -0.39 is 10.0 Å². The maximum Gasteiger partial charge on any atom is 0.238 e. The van der Waals surface area contributed by atoms with Gasteiger partial charge < -0.3 is 4.90 Å². The van der Waals surface area contributed by atoms with E-state index in [0.29, 0.717) is 6.54 Å². The first-order chi connectivity index (χ1) is 12.7. The van der Waals surface area contributed by atoms with Crippen LogP contribution in [-0.4, -0.2) is 42.9 Å². The van der Waals surface area contributed by atoms with Crippen LogP contribution < -0.4 is 0 Å². The van der Waals surface area contributed by atoms with Crippen molar-refractivity contribution in [1.29, 1.82) is 0 Å². The average molecular weight is 411 g/mol. The van der Waals surface area contributed by atoms with Gasteiger partial charge in [-0.15, -0.1) is 17.9 Å². The van der Waals surface area contributed by atoms with Crippen molar-refractivity contribution in [1.82, 2.24) is 9.21 Å². The predicted octanol–water partition coefficient (Wildman–Crippen LogP) is 3.17. The molecule has 0 atom stereocenters. The third-order valence-corrected chi connectivity index (χ3v) is 6.28. The van der Waals surface area contributed by atoms with Gasteiger partial charge in [0.25, 0.3) is 0 Å². The molecule has 0 saturated carbocycles. The van der Waals surface area contributed by atoms with E-state index in [9.17, 15) is 17.6 Å². The molecule has 0 aliphatic carbocycles. The molecule has 0 bridgehead atoms. The largest absolute Gasteiger partial charge is 0.332 e. The van der Waals surface area contributed by atoms with Crippen LogP contribution in [0.2, 0.25) is 0 Å². The quantitative estimate of drug-likeness (QED) is 0.597. The van der Waals surface area contributed by atoms with Crippen molar-refractivity contribution < 1.29 is 17.6 Å². The number of rotatable bonds is 9. The van der Waals surface area contributed by atoms with Crippen LogP contribution in [0.4, 0.5) is 4.39 Å². The smallest absolute Gasteiger partial charge is 0.238 e. The van der Waals surface area contributed by atoms with Crippen LogP contribution in [0.5, 0.6) is 0 Å². The number of hydrogen-bond acceptors (Lipinski definition) is 4. The number of thiophene rings is 1. The average Bonchev–Trinajstić information content (AvgIpc) is 2.99. The Bertz CT molecular complexity index is 892. The maximum absolute atomic E-state index is 13.2. The number of carbonyl (C=O) groups is 1. The maximum atomic E-state index is 13.2. The molecule has 0 N–H and O–H groups in total. The standard InChI is InChI=1S/C19H23FN2O3S2/c1-4-10-22(27(3,24)25)14-19(23)21(13-18-15(2)9-11-26-18)12-16-5-7-17(20)8-6-16/h4-9,11H,1,10,12-14H2,2-3H3. The van der Waals surface area contributed by atoms with E-state index >= 15 is 0 Å². The number of benzene rings is 1. The molecule has 0 aliphatic heterocycles. The van der Waals surface area contributed by atoms with Crippen LogP contribution in [0, 0.1) is 12.7 Å². The number of halogens is 1. The second-order valence-corrected chi connectivity index (χ2v) is 9.23. The molecule has 0 spiro atoms. The van der Waals surface area contributed by atoms with E-state index in [2.05, 4.69) is 6.58 Å². The minimum atomic E-state index is -3.54. The number of sulfonamides is 1. The summed E-state index contributed by atoms with van der Waals surface area (Å²) in [5.41, 5.74) is 1.84. The van der Waals surface area contributed by atoms with Crippen molar-refractivity contribution in [2.45, 2.75) is 20.0 Å². The molecule has 27 heavy (non-hydrogen) atoms. The molecule has 1 aromatic carbocycles. The molecule has 0 unspecified atom stereocenters. The molecule has 1 heterocycles. The van der Waals surface area contributed by atoms with Gasteiger partial charge in [0.05, 0.1) is 19.3 Å². The van der Waals surface area contributed by atoms with Gasteiger partial charge in [0.2, 0.25) is 15.9 Å². The van der Waals surface area contributed by atoms with E-state index in [-0.39, 0.29) is 31.4 Å². The Kier molecular flexibility index (Phi) is 7.29. The van der Waals surface area contributed by atoms with Gasteiger partial charge in [-0.2, -0.15) is 4.31 Å². The lowest BCUT2D eigenvalue weighted by atomic mass is 10.2. The van der Waals surface area contributed by atoms with Crippen LogP contribution in [0.3, 0.4) is 0 Å². The summed E-state index contributed by atoms with van der Waals surface area (Å²) in [5, 5.41) is 1.95.